The topological polar surface area (TPSA) is 37.8 Å². The van der Waals surface area contributed by atoms with E-state index in [0.29, 0.717) is 0 Å². The molecule has 0 spiro atoms. The summed E-state index contributed by atoms with van der Waals surface area (Å²) >= 11 is 9.41. The standard InChI is InChI=1S/C14H18ClN3S2/c1-3-8-16-9-10-11(15)6-5-7-12(10)19-14-17-13(4-2)18-20-14/h5-7,16H,3-4,8-9H2,1-2H3. The smallest absolute Gasteiger partial charge is 0.174 e. The fourth-order valence-electron chi connectivity index (χ4n) is 1.71. The Labute approximate surface area is 133 Å². The lowest BCUT2D eigenvalue weighted by molar-refractivity contribution is 0.669. The Kier molecular flexibility index (Phi) is 6.29. The van der Waals surface area contributed by atoms with Crippen LogP contribution in [0, 0.1) is 0 Å². The first-order valence-corrected chi connectivity index (χ1v) is 8.70. The first-order chi connectivity index (χ1) is 9.74. The maximum atomic E-state index is 6.32. The Morgan fingerprint density at radius 1 is 1.35 bits per heavy atom. The molecule has 1 N–H and O–H groups in total. The molecule has 0 saturated heterocycles. The van der Waals surface area contributed by atoms with Crippen molar-refractivity contribution in [1.29, 1.82) is 0 Å². The lowest BCUT2D eigenvalue weighted by atomic mass is 10.2. The van der Waals surface area contributed by atoms with Gasteiger partial charge in [0.05, 0.1) is 0 Å². The van der Waals surface area contributed by atoms with E-state index in [4.69, 9.17) is 11.6 Å². The van der Waals surface area contributed by atoms with Crippen LogP contribution in [0.15, 0.2) is 27.4 Å². The molecule has 3 nitrogen and oxygen atoms in total. The van der Waals surface area contributed by atoms with Gasteiger partial charge in [0.25, 0.3) is 0 Å². The summed E-state index contributed by atoms with van der Waals surface area (Å²) in [5, 5.41) is 4.21. The number of nitrogens with one attached hydrogen (secondary N) is 1. The zero-order valence-corrected chi connectivity index (χ0v) is 14.0. The summed E-state index contributed by atoms with van der Waals surface area (Å²) in [5.41, 5.74) is 1.14. The van der Waals surface area contributed by atoms with E-state index in [2.05, 4.69) is 34.6 Å². The van der Waals surface area contributed by atoms with E-state index in [-0.39, 0.29) is 0 Å². The summed E-state index contributed by atoms with van der Waals surface area (Å²) < 4.78 is 5.29. The van der Waals surface area contributed by atoms with Gasteiger partial charge in [0.2, 0.25) is 0 Å². The molecule has 0 atom stereocenters. The largest absolute Gasteiger partial charge is 0.313 e. The lowest BCUT2D eigenvalue weighted by Gasteiger charge is -2.10. The highest BCUT2D eigenvalue weighted by Crippen LogP contribution is 2.34. The third kappa shape index (κ3) is 4.19. The molecule has 0 aliphatic rings. The Morgan fingerprint density at radius 2 is 2.20 bits per heavy atom. The quantitative estimate of drug-likeness (QED) is 0.765. The van der Waals surface area contributed by atoms with Gasteiger partial charge in [0, 0.05) is 22.9 Å². The highest BCUT2D eigenvalue weighted by molar-refractivity contribution is 8.01. The maximum Gasteiger partial charge on any atom is 0.174 e. The van der Waals surface area contributed by atoms with Crippen LogP contribution in [0.5, 0.6) is 0 Å². The van der Waals surface area contributed by atoms with Crippen LogP contribution in [-0.4, -0.2) is 15.9 Å². The van der Waals surface area contributed by atoms with Crippen molar-refractivity contribution in [1.82, 2.24) is 14.7 Å². The zero-order chi connectivity index (χ0) is 14.4. The van der Waals surface area contributed by atoms with Crippen LogP contribution in [0.2, 0.25) is 5.02 Å². The maximum absolute atomic E-state index is 6.32. The molecule has 1 aromatic carbocycles. The van der Waals surface area contributed by atoms with Gasteiger partial charge in [0.1, 0.15) is 5.82 Å². The van der Waals surface area contributed by atoms with Crippen molar-refractivity contribution in [2.75, 3.05) is 6.54 Å². The molecule has 6 heteroatoms. The van der Waals surface area contributed by atoms with E-state index in [9.17, 15) is 0 Å². The summed E-state index contributed by atoms with van der Waals surface area (Å²) in [6, 6.07) is 6.01. The van der Waals surface area contributed by atoms with Gasteiger partial charge in [-0.1, -0.05) is 43.3 Å². The molecule has 1 heterocycles. The van der Waals surface area contributed by atoms with Crippen molar-refractivity contribution in [3.05, 3.63) is 34.6 Å². The molecule has 2 rings (SSSR count). The van der Waals surface area contributed by atoms with Gasteiger partial charge in [0.15, 0.2) is 4.34 Å². The Hall–Kier alpha value is -0.620. The van der Waals surface area contributed by atoms with E-state index < -0.39 is 0 Å². The fourth-order valence-corrected chi connectivity index (χ4v) is 3.83. The van der Waals surface area contributed by atoms with Crippen molar-refractivity contribution < 1.29 is 0 Å². The van der Waals surface area contributed by atoms with E-state index in [1.807, 2.05) is 12.1 Å². The number of halogens is 1. The number of nitrogens with zero attached hydrogens (tertiary/aromatic N) is 2. The van der Waals surface area contributed by atoms with E-state index in [1.165, 1.54) is 11.5 Å². The predicted molar refractivity (Wildman–Crippen MR) is 86.9 cm³/mol. The van der Waals surface area contributed by atoms with Crippen LogP contribution in [0.3, 0.4) is 0 Å². The van der Waals surface area contributed by atoms with Gasteiger partial charge >= 0.3 is 0 Å². The SMILES string of the molecule is CCCNCc1c(Cl)cccc1Sc1nc(CC)ns1. The molecular weight excluding hydrogens is 310 g/mol. The van der Waals surface area contributed by atoms with Crippen molar-refractivity contribution in [3.8, 4) is 0 Å². The molecule has 0 aliphatic heterocycles. The summed E-state index contributed by atoms with van der Waals surface area (Å²) in [5.74, 6) is 0.908. The molecular formula is C14H18ClN3S2. The van der Waals surface area contributed by atoms with Crippen molar-refractivity contribution in [3.63, 3.8) is 0 Å². The van der Waals surface area contributed by atoms with Crippen LogP contribution in [0.1, 0.15) is 31.7 Å². The summed E-state index contributed by atoms with van der Waals surface area (Å²) in [7, 11) is 0. The Bertz CT molecular complexity index is 557. The lowest BCUT2D eigenvalue weighted by Crippen LogP contribution is -2.14. The highest BCUT2D eigenvalue weighted by atomic mass is 35.5. The third-order valence-electron chi connectivity index (χ3n) is 2.77. The van der Waals surface area contributed by atoms with Crippen LogP contribution in [0.4, 0.5) is 0 Å². The average Bonchev–Trinajstić information content (AvgIpc) is 2.90. The predicted octanol–water partition coefficient (Wildman–Crippen LogP) is 4.40. The Morgan fingerprint density at radius 3 is 2.90 bits per heavy atom. The van der Waals surface area contributed by atoms with Crippen molar-refractivity contribution >= 4 is 34.9 Å². The van der Waals surface area contributed by atoms with Crippen molar-refractivity contribution in [2.45, 2.75) is 42.5 Å². The molecule has 0 saturated carbocycles. The van der Waals surface area contributed by atoms with Gasteiger partial charge in [-0.2, -0.15) is 4.37 Å². The van der Waals surface area contributed by atoms with Crippen LogP contribution in [0.25, 0.3) is 0 Å². The van der Waals surface area contributed by atoms with Crippen LogP contribution < -0.4 is 5.32 Å². The minimum Gasteiger partial charge on any atom is -0.313 e. The first-order valence-electron chi connectivity index (χ1n) is 6.73. The molecule has 0 bridgehead atoms. The van der Waals surface area contributed by atoms with Gasteiger partial charge in [-0.3, -0.25) is 0 Å². The third-order valence-corrected chi connectivity index (χ3v) is 5.01. The second kappa shape index (κ2) is 7.98. The monoisotopic (exact) mass is 327 g/mol. The molecule has 1 aromatic heterocycles. The van der Waals surface area contributed by atoms with Crippen LogP contribution >= 0.6 is 34.9 Å². The Balaban J connectivity index is 2.15. The van der Waals surface area contributed by atoms with E-state index >= 15 is 0 Å². The molecule has 108 valence electrons. The van der Waals surface area contributed by atoms with Gasteiger partial charge in [-0.05, 0) is 42.2 Å². The second-order valence-corrected chi connectivity index (χ2v) is 6.77. The molecule has 20 heavy (non-hydrogen) atoms. The number of aromatic nitrogens is 2. The van der Waals surface area contributed by atoms with Crippen molar-refractivity contribution in [2.24, 2.45) is 0 Å². The minimum absolute atomic E-state index is 0.787. The summed E-state index contributed by atoms with van der Waals surface area (Å²) in [4.78, 5) is 5.65. The molecule has 0 unspecified atom stereocenters. The van der Waals surface area contributed by atoms with E-state index in [1.54, 1.807) is 11.8 Å². The van der Waals surface area contributed by atoms with Gasteiger partial charge in [-0.25, -0.2) is 4.98 Å². The second-order valence-electron chi connectivity index (χ2n) is 4.33. The highest BCUT2D eigenvalue weighted by Gasteiger charge is 2.11. The number of hydrogen-bond acceptors (Lipinski definition) is 5. The number of aryl methyl sites for hydroxylation is 1. The molecule has 0 radical (unpaired) electrons. The molecule has 0 fully saturated rings. The fraction of sp³-hybridized carbons (Fsp3) is 0.429. The van der Waals surface area contributed by atoms with Gasteiger partial charge < -0.3 is 5.32 Å². The van der Waals surface area contributed by atoms with Crippen LogP contribution in [-0.2, 0) is 13.0 Å². The molecule has 0 aliphatic carbocycles. The first kappa shape index (κ1) is 15.8. The average molecular weight is 328 g/mol. The number of hydrogen-bond donors (Lipinski definition) is 1. The zero-order valence-electron chi connectivity index (χ0n) is 11.6. The van der Waals surface area contributed by atoms with E-state index in [0.717, 1.165) is 51.6 Å². The normalized spacial score (nSPS) is 10.9. The van der Waals surface area contributed by atoms with Gasteiger partial charge in [-0.15, -0.1) is 0 Å². The number of benzene rings is 1. The summed E-state index contributed by atoms with van der Waals surface area (Å²) in [6.07, 6.45) is 1.99. The molecule has 2 aromatic rings. The number of rotatable bonds is 7. The summed E-state index contributed by atoms with van der Waals surface area (Å²) in [6.45, 7) is 6.00. The minimum atomic E-state index is 0.787. The molecule has 0 amide bonds.